The Labute approximate surface area is 131 Å². The van der Waals surface area contributed by atoms with E-state index >= 15 is 0 Å². The molecule has 0 bridgehead atoms. The second-order valence-corrected chi connectivity index (χ2v) is 5.10. The Kier molecular flexibility index (Phi) is 5.78. The fraction of sp³-hybridized carbons (Fsp3) is 0.211. The van der Waals surface area contributed by atoms with Crippen LogP contribution in [0.5, 0.6) is 5.75 Å². The zero-order chi connectivity index (χ0) is 15.8. The first kappa shape index (κ1) is 15.8. The van der Waals surface area contributed by atoms with E-state index in [1.807, 2.05) is 67.7 Å². The van der Waals surface area contributed by atoms with Gasteiger partial charge in [-0.05, 0) is 35.8 Å². The molecule has 0 aliphatic carbocycles. The van der Waals surface area contributed by atoms with E-state index in [0.717, 1.165) is 17.7 Å². The summed E-state index contributed by atoms with van der Waals surface area (Å²) >= 11 is 0. The van der Waals surface area contributed by atoms with Crippen molar-refractivity contribution < 1.29 is 9.53 Å². The van der Waals surface area contributed by atoms with Gasteiger partial charge in [0.25, 0.3) is 0 Å². The van der Waals surface area contributed by atoms with E-state index in [1.54, 1.807) is 18.1 Å². The molecule has 3 heteroatoms. The van der Waals surface area contributed by atoms with Gasteiger partial charge in [0.05, 0.1) is 7.11 Å². The van der Waals surface area contributed by atoms with Crippen molar-refractivity contribution in [1.29, 1.82) is 0 Å². The lowest BCUT2D eigenvalue weighted by Crippen LogP contribution is -2.27. The zero-order valence-corrected chi connectivity index (χ0v) is 13.0. The predicted octanol–water partition coefficient (Wildman–Crippen LogP) is 3.41. The Hall–Kier alpha value is -2.55. The number of rotatable bonds is 6. The highest BCUT2D eigenvalue weighted by atomic mass is 16.5. The van der Waals surface area contributed by atoms with E-state index in [1.165, 1.54) is 5.56 Å². The van der Waals surface area contributed by atoms with E-state index in [4.69, 9.17) is 4.74 Å². The smallest absolute Gasteiger partial charge is 0.246 e. The van der Waals surface area contributed by atoms with Crippen LogP contribution in [0.15, 0.2) is 60.7 Å². The van der Waals surface area contributed by atoms with E-state index in [0.29, 0.717) is 6.54 Å². The van der Waals surface area contributed by atoms with Crippen LogP contribution in [0.3, 0.4) is 0 Å². The molecule has 0 unspecified atom stereocenters. The average Bonchev–Trinajstić information content (AvgIpc) is 2.58. The molecule has 0 fully saturated rings. The van der Waals surface area contributed by atoms with Crippen LogP contribution in [0.25, 0.3) is 6.08 Å². The molecule has 0 saturated carbocycles. The van der Waals surface area contributed by atoms with Gasteiger partial charge in [-0.25, -0.2) is 0 Å². The lowest BCUT2D eigenvalue weighted by atomic mass is 10.1. The molecule has 0 aromatic heterocycles. The lowest BCUT2D eigenvalue weighted by Gasteiger charge is -2.15. The first-order chi connectivity index (χ1) is 10.7. The van der Waals surface area contributed by atoms with Crippen LogP contribution in [-0.4, -0.2) is 31.5 Å². The molecule has 0 saturated heterocycles. The maximum atomic E-state index is 12.1. The van der Waals surface area contributed by atoms with Gasteiger partial charge in [0.1, 0.15) is 5.75 Å². The number of methoxy groups -OCH3 is 1. The number of hydrogen-bond donors (Lipinski definition) is 0. The number of benzene rings is 2. The number of amides is 1. The van der Waals surface area contributed by atoms with Crippen LogP contribution < -0.4 is 4.74 Å². The van der Waals surface area contributed by atoms with Gasteiger partial charge in [-0.1, -0.05) is 42.5 Å². The SMILES string of the molecule is COc1ccc(CCN(C)C(=O)C=Cc2ccccc2)cc1. The van der Waals surface area contributed by atoms with Gasteiger partial charge in [0, 0.05) is 19.7 Å². The molecule has 2 aromatic rings. The first-order valence-corrected chi connectivity index (χ1v) is 7.30. The minimum atomic E-state index is 0.0114. The van der Waals surface area contributed by atoms with E-state index in [9.17, 15) is 4.79 Å². The summed E-state index contributed by atoms with van der Waals surface area (Å²) in [5.74, 6) is 0.858. The normalized spacial score (nSPS) is 10.6. The van der Waals surface area contributed by atoms with Gasteiger partial charge in [-0.2, -0.15) is 0 Å². The summed E-state index contributed by atoms with van der Waals surface area (Å²) in [6, 6.07) is 17.7. The van der Waals surface area contributed by atoms with Crippen LogP contribution in [0.4, 0.5) is 0 Å². The molecule has 0 radical (unpaired) electrons. The molecule has 0 heterocycles. The lowest BCUT2D eigenvalue weighted by molar-refractivity contribution is -0.124. The highest BCUT2D eigenvalue weighted by Gasteiger charge is 2.05. The summed E-state index contributed by atoms with van der Waals surface area (Å²) in [6.45, 7) is 0.685. The third-order valence-corrected chi connectivity index (χ3v) is 3.49. The quantitative estimate of drug-likeness (QED) is 0.764. The molecular formula is C19H21NO2. The van der Waals surface area contributed by atoms with E-state index in [-0.39, 0.29) is 5.91 Å². The number of carbonyl (C=O) groups excluding carboxylic acids is 1. The van der Waals surface area contributed by atoms with Crippen molar-refractivity contribution in [3.05, 3.63) is 71.8 Å². The zero-order valence-electron chi connectivity index (χ0n) is 13.0. The molecule has 1 amide bonds. The van der Waals surface area contributed by atoms with Crippen LogP contribution >= 0.6 is 0 Å². The minimum Gasteiger partial charge on any atom is -0.497 e. The summed E-state index contributed by atoms with van der Waals surface area (Å²) < 4.78 is 5.13. The van der Waals surface area contributed by atoms with Crippen molar-refractivity contribution in [3.63, 3.8) is 0 Å². The van der Waals surface area contributed by atoms with Crippen molar-refractivity contribution in [2.24, 2.45) is 0 Å². The van der Waals surface area contributed by atoms with E-state index in [2.05, 4.69) is 0 Å². The standard InChI is InChI=1S/C19H21NO2/c1-20(15-14-17-8-11-18(22-2)12-9-17)19(21)13-10-16-6-4-3-5-7-16/h3-13H,14-15H2,1-2H3. The number of ether oxygens (including phenoxy) is 1. The predicted molar refractivity (Wildman–Crippen MR) is 89.8 cm³/mol. The number of hydrogen-bond acceptors (Lipinski definition) is 2. The summed E-state index contributed by atoms with van der Waals surface area (Å²) in [4.78, 5) is 13.8. The molecule has 0 atom stereocenters. The Morgan fingerprint density at radius 2 is 1.77 bits per heavy atom. The molecule has 0 spiro atoms. The highest BCUT2D eigenvalue weighted by molar-refractivity contribution is 5.91. The summed E-state index contributed by atoms with van der Waals surface area (Å²) in [5, 5.41) is 0. The van der Waals surface area contributed by atoms with Gasteiger partial charge in [0.15, 0.2) is 0 Å². The molecule has 22 heavy (non-hydrogen) atoms. The highest BCUT2D eigenvalue weighted by Crippen LogP contribution is 2.12. The maximum Gasteiger partial charge on any atom is 0.246 e. The molecule has 3 nitrogen and oxygen atoms in total. The topological polar surface area (TPSA) is 29.5 Å². The summed E-state index contributed by atoms with van der Waals surface area (Å²) in [5.41, 5.74) is 2.21. The van der Waals surface area contributed by atoms with Gasteiger partial charge >= 0.3 is 0 Å². The second kappa shape index (κ2) is 8.03. The summed E-state index contributed by atoms with van der Waals surface area (Å²) in [6.07, 6.45) is 4.28. The molecule has 0 aliphatic rings. The van der Waals surface area contributed by atoms with Crippen LogP contribution in [0.2, 0.25) is 0 Å². The molecular weight excluding hydrogens is 274 g/mol. The Balaban J connectivity index is 1.84. The third kappa shape index (κ3) is 4.77. The van der Waals surface area contributed by atoms with Crippen LogP contribution in [0.1, 0.15) is 11.1 Å². The Bertz CT molecular complexity index is 618. The first-order valence-electron chi connectivity index (χ1n) is 7.30. The monoisotopic (exact) mass is 295 g/mol. The van der Waals surface area contributed by atoms with Crippen molar-refractivity contribution >= 4 is 12.0 Å². The van der Waals surface area contributed by atoms with Gasteiger partial charge in [0.2, 0.25) is 5.91 Å². The third-order valence-electron chi connectivity index (χ3n) is 3.49. The minimum absolute atomic E-state index is 0.0114. The average molecular weight is 295 g/mol. The molecule has 2 rings (SSSR count). The fourth-order valence-electron chi connectivity index (χ4n) is 2.06. The van der Waals surface area contributed by atoms with Gasteiger partial charge in [-0.3, -0.25) is 4.79 Å². The fourth-order valence-corrected chi connectivity index (χ4v) is 2.06. The Morgan fingerprint density at radius 3 is 2.41 bits per heavy atom. The summed E-state index contributed by atoms with van der Waals surface area (Å²) in [7, 11) is 3.47. The van der Waals surface area contributed by atoms with Gasteiger partial charge < -0.3 is 9.64 Å². The molecule has 114 valence electrons. The Morgan fingerprint density at radius 1 is 1.09 bits per heavy atom. The molecule has 0 N–H and O–H groups in total. The number of nitrogens with zero attached hydrogens (tertiary/aromatic N) is 1. The van der Waals surface area contributed by atoms with Crippen LogP contribution in [-0.2, 0) is 11.2 Å². The maximum absolute atomic E-state index is 12.1. The van der Waals surface area contributed by atoms with Crippen LogP contribution in [0, 0.1) is 0 Å². The number of carbonyl (C=O) groups is 1. The second-order valence-electron chi connectivity index (χ2n) is 5.10. The van der Waals surface area contributed by atoms with E-state index < -0.39 is 0 Å². The van der Waals surface area contributed by atoms with Gasteiger partial charge in [-0.15, -0.1) is 0 Å². The molecule has 0 aliphatic heterocycles. The van der Waals surface area contributed by atoms with Crippen molar-refractivity contribution in [2.75, 3.05) is 20.7 Å². The van der Waals surface area contributed by atoms with Crippen molar-refractivity contribution in [2.45, 2.75) is 6.42 Å². The largest absolute Gasteiger partial charge is 0.497 e. The van der Waals surface area contributed by atoms with Crippen molar-refractivity contribution in [1.82, 2.24) is 4.90 Å². The molecule has 2 aromatic carbocycles. The van der Waals surface area contributed by atoms with Crippen molar-refractivity contribution in [3.8, 4) is 5.75 Å². The number of likely N-dealkylation sites (N-methyl/N-ethyl adjacent to an activating group) is 1.